The average molecular weight is 263 g/mol. The first kappa shape index (κ1) is 15.2. The van der Waals surface area contributed by atoms with Crippen molar-refractivity contribution in [3.8, 4) is 0 Å². The smallest absolute Gasteiger partial charge is 0.305 e. The fourth-order valence-corrected chi connectivity index (χ4v) is 2.29. The minimum absolute atomic E-state index is 0.0579. The van der Waals surface area contributed by atoms with Gasteiger partial charge in [-0.3, -0.25) is 9.59 Å². The van der Waals surface area contributed by atoms with Gasteiger partial charge in [0.15, 0.2) is 0 Å². The molecule has 1 aromatic carbocycles. The maximum Gasteiger partial charge on any atom is 0.305 e. The van der Waals surface area contributed by atoms with Gasteiger partial charge >= 0.3 is 5.97 Å². The standard InChI is InChI=1S/C15H21NO3/c1-9-5-10(2)13(11(3)6-9)8-14(17)16-12(4)7-15(18)19/h5-6,12H,7-8H2,1-4H3,(H,16,17)(H,18,19). The maximum absolute atomic E-state index is 11.9. The zero-order chi connectivity index (χ0) is 14.6. The van der Waals surface area contributed by atoms with E-state index in [2.05, 4.69) is 17.4 Å². The maximum atomic E-state index is 11.9. The third kappa shape index (κ3) is 4.73. The lowest BCUT2D eigenvalue weighted by atomic mass is 9.97. The Morgan fingerprint density at radius 2 is 1.74 bits per heavy atom. The van der Waals surface area contributed by atoms with Crippen molar-refractivity contribution in [2.24, 2.45) is 0 Å². The summed E-state index contributed by atoms with van der Waals surface area (Å²) in [6.45, 7) is 7.70. The monoisotopic (exact) mass is 263 g/mol. The van der Waals surface area contributed by atoms with E-state index in [1.807, 2.05) is 20.8 Å². The van der Waals surface area contributed by atoms with Crippen molar-refractivity contribution in [3.05, 3.63) is 34.4 Å². The van der Waals surface area contributed by atoms with E-state index < -0.39 is 5.97 Å². The number of rotatable bonds is 5. The van der Waals surface area contributed by atoms with Gasteiger partial charge in [-0.25, -0.2) is 0 Å². The van der Waals surface area contributed by atoms with Crippen LogP contribution in [0, 0.1) is 20.8 Å². The summed E-state index contributed by atoms with van der Waals surface area (Å²) in [5.74, 6) is -1.04. The zero-order valence-electron chi connectivity index (χ0n) is 11.9. The van der Waals surface area contributed by atoms with Gasteiger partial charge in [-0.05, 0) is 44.4 Å². The second-order valence-electron chi connectivity index (χ2n) is 5.12. The molecule has 19 heavy (non-hydrogen) atoms. The van der Waals surface area contributed by atoms with Crippen LogP contribution in [0.25, 0.3) is 0 Å². The summed E-state index contributed by atoms with van der Waals surface area (Å²) < 4.78 is 0. The molecule has 104 valence electrons. The van der Waals surface area contributed by atoms with Crippen LogP contribution < -0.4 is 5.32 Å². The molecule has 0 saturated heterocycles. The van der Waals surface area contributed by atoms with E-state index in [1.165, 1.54) is 5.56 Å². The number of carboxylic acids is 1. The number of carbonyl (C=O) groups is 2. The van der Waals surface area contributed by atoms with Crippen molar-refractivity contribution in [3.63, 3.8) is 0 Å². The molecule has 0 bridgehead atoms. The van der Waals surface area contributed by atoms with Gasteiger partial charge < -0.3 is 10.4 Å². The number of nitrogens with one attached hydrogen (secondary N) is 1. The van der Waals surface area contributed by atoms with Crippen molar-refractivity contribution in [2.45, 2.75) is 46.6 Å². The fourth-order valence-electron chi connectivity index (χ4n) is 2.29. The summed E-state index contributed by atoms with van der Waals surface area (Å²) >= 11 is 0. The van der Waals surface area contributed by atoms with E-state index >= 15 is 0 Å². The number of benzene rings is 1. The molecule has 0 spiro atoms. The first-order chi connectivity index (χ1) is 8.79. The summed E-state index contributed by atoms with van der Waals surface area (Å²) in [6, 6.07) is 3.75. The number of aliphatic carboxylic acids is 1. The third-order valence-corrected chi connectivity index (χ3v) is 3.07. The number of hydrogen-bond donors (Lipinski definition) is 2. The molecule has 0 saturated carbocycles. The summed E-state index contributed by atoms with van der Waals surface area (Å²) in [4.78, 5) is 22.4. The van der Waals surface area contributed by atoms with Crippen LogP contribution in [0.2, 0.25) is 0 Å². The topological polar surface area (TPSA) is 66.4 Å². The highest BCUT2D eigenvalue weighted by Crippen LogP contribution is 2.16. The van der Waals surface area contributed by atoms with Gasteiger partial charge in [-0.1, -0.05) is 17.7 Å². The van der Waals surface area contributed by atoms with Crippen molar-refractivity contribution >= 4 is 11.9 Å². The first-order valence-electron chi connectivity index (χ1n) is 6.37. The molecule has 4 heteroatoms. The molecule has 0 aliphatic rings. The Kier molecular flexibility index (Phi) is 5.10. The van der Waals surface area contributed by atoms with Gasteiger partial charge in [-0.2, -0.15) is 0 Å². The van der Waals surface area contributed by atoms with Gasteiger partial charge in [0.05, 0.1) is 12.8 Å². The molecule has 0 radical (unpaired) electrons. The summed E-state index contributed by atoms with van der Waals surface area (Å²) in [7, 11) is 0. The van der Waals surface area contributed by atoms with E-state index in [0.29, 0.717) is 6.42 Å². The van der Waals surface area contributed by atoms with Crippen LogP contribution in [0.4, 0.5) is 0 Å². The van der Waals surface area contributed by atoms with Crippen LogP contribution in [0.1, 0.15) is 35.6 Å². The Hall–Kier alpha value is -1.84. The van der Waals surface area contributed by atoms with Crippen molar-refractivity contribution < 1.29 is 14.7 Å². The van der Waals surface area contributed by atoms with E-state index in [0.717, 1.165) is 16.7 Å². The van der Waals surface area contributed by atoms with Gasteiger partial charge in [0.1, 0.15) is 0 Å². The molecule has 1 atom stereocenters. The van der Waals surface area contributed by atoms with Crippen LogP contribution in [0.5, 0.6) is 0 Å². The first-order valence-corrected chi connectivity index (χ1v) is 6.37. The minimum Gasteiger partial charge on any atom is -0.481 e. The molecule has 0 aromatic heterocycles. The predicted molar refractivity (Wildman–Crippen MR) is 74.2 cm³/mol. The lowest BCUT2D eigenvalue weighted by Gasteiger charge is -2.14. The lowest BCUT2D eigenvalue weighted by Crippen LogP contribution is -2.35. The Balaban J connectivity index is 2.70. The van der Waals surface area contributed by atoms with E-state index in [4.69, 9.17) is 5.11 Å². The predicted octanol–water partition coefficient (Wildman–Crippen LogP) is 2.13. The van der Waals surface area contributed by atoms with Gasteiger partial charge in [0.25, 0.3) is 0 Å². The van der Waals surface area contributed by atoms with Crippen LogP contribution in [0.3, 0.4) is 0 Å². The fraction of sp³-hybridized carbons (Fsp3) is 0.467. The molecule has 4 nitrogen and oxygen atoms in total. The summed E-state index contributed by atoms with van der Waals surface area (Å²) in [6.07, 6.45) is 0.236. The third-order valence-electron chi connectivity index (χ3n) is 3.07. The minimum atomic E-state index is -0.907. The van der Waals surface area contributed by atoms with Crippen molar-refractivity contribution in [1.29, 1.82) is 0 Å². The SMILES string of the molecule is Cc1cc(C)c(CC(=O)NC(C)CC(=O)O)c(C)c1. The molecule has 0 aliphatic carbocycles. The van der Waals surface area contributed by atoms with Crippen molar-refractivity contribution in [1.82, 2.24) is 5.32 Å². The number of amides is 1. The van der Waals surface area contributed by atoms with Gasteiger partial charge in [0.2, 0.25) is 5.91 Å². The van der Waals surface area contributed by atoms with Crippen LogP contribution in [-0.4, -0.2) is 23.0 Å². The quantitative estimate of drug-likeness (QED) is 0.855. The molecule has 1 rings (SSSR count). The Morgan fingerprint density at radius 1 is 1.21 bits per heavy atom. The highest BCUT2D eigenvalue weighted by atomic mass is 16.4. The van der Waals surface area contributed by atoms with E-state index in [-0.39, 0.29) is 18.4 Å². The number of aryl methyl sites for hydroxylation is 3. The second kappa shape index (κ2) is 6.36. The molecule has 0 aliphatic heterocycles. The summed E-state index contributed by atoms with van der Waals surface area (Å²) in [5.41, 5.74) is 4.39. The highest BCUT2D eigenvalue weighted by molar-refractivity contribution is 5.80. The van der Waals surface area contributed by atoms with Crippen LogP contribution >= 0.6 is 0 Å². The molecule has 1 amide bonds. The zero-order valence-corrected chi connectivity index (χ0v) is 11.9. The molecule has 0 heterocycles. The molecule has 1 unspecified atom stereocenters. The molecular formula is C15H21NO3. The van der Waals surface area contributed by atoms with Gasteiger partial charge in [0, 0.05) is 6.04 Å². The number of carboxylic acid groups (broad SMARTS) is 1. The molecular weight excluding hydrogens is 242 g/mol. The summed E-state index contributed by atoms with van der Waals surface area (Å²) in [5, 5.41) is 11.4. The molecule has 2 N–H and O–H groups in total. The normalized spacial score (nSPS) is 12.0. The Bertz CT molecular complexity index is 471. The Labute approximate surface area is 113 Å². The lowest BCUT2D eigenvalue weighted by molar-refractivity contribution is -0.137. The van der Waals surface area contributed by atoms with Gasteiger partial charge in [-0.15, -0.1) is 0 Å². The average Bonchev–Trinajstić information content (AvgIpc) is 2.21. The van der Waals surface area contributed by atoms with Crippen molar-refractivity contribution in [2.75, 3.05) is 0 Å². The highest BCUT2D eigenvalue weighted by Gasteiger charge is 2.13. The molecule has 1 aromatic rings. The number of hydrogen-bond acceptors (Lipinski definition) is 2. The number of carbonyl (C=O) groups excluding carboxylic acids is 1. The Morgan fingerprint density at radius 3 is 2.21 bits per heavy atom. The largest absolute Gasteiger partial charge is 0.481 e. The van der Waals surface area contributed by atoms with Crippen LogP contribution in [0.15, 0.2) is 12.1 Å². The molecule has 0 fully saturated rings. The second-order valence-corrected chi connectivity index (χ2v) is 5.12. The van der Waals surface area contributed by atoms with Crippen LogP contribution in [-0.2, 0) is 16.0 Å². The van der Waals surface area contributed by atoms with E-state index in [1.54, 1.807) is 6.92 Å². The van der Waals surface area contributed by atoms with E-state index in [9.17, 15) is 9.59 Å².